The number of aromatic nitrogens is 2. The quantitative estimate of drug-likeness (QED) is 0.531. The molecule has 0 bridgehead atoms. The minimum Gasteiger partial charge on any atom is -0.478 e. The highest BCUT2D eigenvalue weighted by Gasteiger charge is 2.09. The molecule has 0 amide bonds. The molecular formula is C19H15N3O2. The lowest BCUT2D eigenvalue weighted by molar-refractivity contribution is 0.0697. The van der Waals surface area contributed by atoms with E-state index in [1.165, 1.54) is 0 Å². The maximum atomic E-state index is 11.0. The summed E-state index contributed by atoms with van der Waals surface area (Å²) in [6.07, 6.45) is 0. The monoisotopic (exact) mass is 317 g/mol. The summed E-state index contributed by atoms with van der Waals surface area (Å²) in [4.78, 5) is 19.0. The van der Waals surface area contributed by atoms with Crippen LogP contribution in [0.5, 0.6) is 0 Å². The molecule has 24 heavy (non-hydrogen) atoms. The first-order chi connectivity index (χ1) is 11.7. The molecule has 4 aromatic rings. The molecule has 0 radical (unpaired) electrons. The summed E-state index contributed by atoms with van der Waals surface area (Å²) < 4.78 is 0. The van der Waals surface area contributed by atoms with Crippen LogP contribution in [0.3, 0.4) is 0 Å². The van der Waals surface area contributed by atoms with Crippen molar-refractivity contribution in [2.75, 3.05) is 12.4 Å². The number of aromatic amines is 1. The third-order valence-electron chi connectivity index (χ3n) is 4.15. The molecule has 2 aromatic carbocycles. The number of nitrogens with one attached hydrogen (secondary N) is 2. The lowest BCUT2D eigenvalue weighted by Crippen LogP contribution is -1.94. The summed E-state index contributed by atoms with van der Waals surface area (Å²) in [5.41, 5.74) is 5.91. The van der Waals surface area contributed by atoms with E-state index in [0.717, 1.165) is 38.9 Å². The van der Waals surface area contributed by atoms with E-state index in [1.54, 1.807) is 24.3 Å². The Kier molecular flexibility index (Phi) is 3.20. The standard InChI is InChI=1S/C19H15N3O2/c1-20-14-3-2-4-15-13(14)9-17-18(21-15)10-16(22-17)11-5-7-12(8-6-11)19(23)24/h2-10,20,22H,1H3,(H,23,24). The molecule has 3 N–H and O–H groups in total. The predicted octanol–water partition coefficient (Wildman–Crippen LogP) is 4.12. The molecule has 2 heterocycles. The number of carbonyl (C=O) groups is 1. The van der Waals surface area contributed by atoms with Crippen molar-refractivity contribution in [3.05, 3.63) is 60.2 Å². The molecule has 4 rings (SSSR count). The number of H-pyrrole nitrogens is 1. The number of pyridine rings is 1. The Morgan fingerprint density at radius 3 is 2.58 bits per heavy atom. The zero-order valence-corrected chi connectivity index (χ0v) is 13.0. The average Bonchev–Trinajstić information content (AvgIpc) is 3.02. The number of anilines is 1. The summed E-state index contributed by atoms with van der Waals surface area (Å²) in [6, 6.07) is 16.9. The number of hydrogen-bond donors (Lipinski definition) is 3. The van der Waals surface area contributed by atoms with Crippen LogP contribution in [0.15, 0.2) is 54.6 Å². The first kappa shape index (κ1) is 14.3. The van der Waals surface area contributed by atoms with Crippen molar-refractivity contribution in [3.63, 3.8) is 0 Å². The largest absolute Gasteiger partial charge is 0.478 e. The molecule has 0 saturated carbocycles. The fourth-order valence-electron chi connectivity index (χ4n) is 2.90. The Hall–Kier alpha value is -3.34. The second-order valence-electron chi connectivity index (χ2n) is 5.61. The molecule has 0 spiro atoms. The molecule has 0 atom stereocenters. The summed E-state index contributed by atoms with van der Waals surface area (Å²) in [5.74, 6) is -0.925. The van der Waals surface area contributed by atoms with E-state index in [2.05, 4.69) is 16.4 Å². The maximum absolute atomic E-state index is 11.0. The van der Waals surface area contributed by atoms with E-state index in [-0.39, 0.29) is 5.56 Å². The zero-order valence-electron chi connectivity index (χ0n) is 13.0. The number of hydrogen-bond acceptors (Lipinski definition) is 3. The van der Waals surface area contributed by atoms with Gasteiger partial charge in [-0.2, -0.15) is 0 Å². The van der Waals surface area contributed by atoms with Crippen LogP contribution in [-0.2, 0) is 0 Å². The van der Waals surface area contributed by atoms with Crippen LogP contribution in [0.1, 0.15) is 10.4 Å². The van der Waals surface area contributed by atoms with Gasteiger partial charge in [0.2, 0.25) is 0 Å². The van der Waals surface area contributed by atoms with Gasteiger partial charge in [-0.25, -0.2) is 9.78 Å². The molecule has 5 nitrogen and oxygen atoms in total. The van der Waals surface area contributed by atoms with Gasteiger partial charge in [-0.1, -0.05) is 18.2 Å². The highest BCUT2D eigenvalue weighted by atomic mass is 16.4. The van der Waals surface area contributed by atoms with Crippen molar-refractivity contribution in [2.45, 2.75) is 0 Å². The van der Waals surface area contributed by atoms with Crippen molar-refractivity contribution >= 4 is 33.6 Å². The van der Waals surface area contributed by atoms with E-state index < -0.39 is 5.97 Å². The number of aromatic carboxylic acids is 1. The van der Waals surface area contributed by atoms with Gasteiger partial charge in [0.05, 0.1) is 22.1 Å². The summed E-state index contributed by atoms with van der Waals surface area (Å²) >= 11 is 0. The average molecular weight is 317 g/mol. The van der Waals surface area contributed by atoms with Gasteiger partial charge in [0.15, 0.2) is 0 Å². The smallest absolute Gasteiger partial charge is 0.335 e. The molecule has 0 unspecified atom stereocenters. The third-order valence-corrected chi connectivity index (χ3v) is 4.15. The van der Waals surface area contributed by atoms with Gasteiger partial charge < -0.3 is 15.4 Å². The summed E-state index contributed by atoms with van der Waals surface area (Å²) in [6.45, 7) is 0. The van der Waals surface area contributed by atoms with Crippen LogP contribution in [-0.4, -0.2) is 28.1 Å². The number of nitrogens with zero attached hydrogens (tertiary/aromatic N) is 1. The van der Waals surface area contributed by atoms with Crippen LogP contribution in [0.2, 0.25) is 0 Å². The van der Waals surface area contributed by atoms with Crippen molar-refractivity contribution in [1.82, 2.24) is 9.97 Å². The van der Waals surface area contributed by atoms with Crippen molar-refractivity contribution in [1.29, 1.82) is 0 Å². The lowest BCUT2D eigenvalue weighted by atomic mass is 10.1. The lowest BCUT2D eigenvalue weighted by Gasteiger charge is -2.04. The van der Waals surface area contributed by atoms with Crippen LogP contribution in [0.4, 0.5) is 5.69 Å². The number of benzene rings is 2. The van der Waals surface area contributed by atoms with E-state index in [9.17, 15) is 4.79 Å². The number of carboxylic acid groups (broad SMARTS) is 1. The van der Waals surface area contributed by atoms with Gasteiger partial charge in [0.25, 0.3) is 0 Å². The first-order valence-electron chi connectivity index (χ1n) is 7.60. The maximum Gasteiger partial charge on any atom is 0.335 e. The van der Waals surface area contributed by atoms with E-state index in [0.29, 0.717) is 0 Å². The van der Waals surface area contributed by atoms with Gasteiger partial charge in [-0.3, -0.25) is 0 Å². The summed E-state index contributed by atoms with van der Waals surface area (Å²) in [7, 11) is 1.89. The molecule has 0 aliphatic rings. The van der Waals surface area contributed by atoms with Gasteiger partial charge in [0.1, 0.15) is 0 Å². The van der Waals surface area contributed by atoms with Crippen LogP contribution in [0.25, 0.3) is 33.2 Å². The molecule has 0 fully saturated rings. The number of fused-ring (bicyclic) bond motifs is 2. The van der Waals surface area contributed by atoms with Crippen LogP contribution >= 0.6 is 0 Å². The highest BCUT2D eigenvalue weighted by Crippen LogP contribution is 2.29. The number of rotatable bonds is 3. The Morgan fingerprint density at radius 1 is 1.08 bits per heavy atom. The SMILES string of the molecule is CNc1cccc2nc3cc(-c4ccc(C(=O)O)cc4)[nH]c3cc12. The molecule has 0 aliphatic carbocycles. The molecule has 2 aromatic heterocycles. The second kappa shape index (κ2) is 5.38. The fraction of sp³-hybridized carbons (Fsp3) is 0.0526. The van der Waals surface area contributed by atoms with Gasteiger partial charge in [0, 0.05) is 23.8 Å². The normalized spacial score (nSPS) is 11.0. The Bertz CT molecular complexity index is 1070. The van der Waals surface area contributed by atoms with E-state index >= 15 is 0 Å². The summed E-state index contributed by atoms with van der Waals surface area (Å²) in [5, 5.41) is 13.2. The van der Waals surface area contributed by atoms with Gasteiger partial charge >= 0.3 is 5.97 Å². The Balaban J connectivity index is 1.85. The molecule has 118 valence electrons. The van der Waals surface area contributed by atoms with Crippen molar-refractivity contribution in [3.8, 4) is 11.3 Å². The number of carboxylic acids is 1. The van der Waals surface area contributed by atoms with E-state index in [4.69, 9.17) is 10.1 Å². The Labute approximate surface area is 138 Å². The topological polar surface area (TPSA) is 78.0 Å². The zero-order chi connectivity index (χ0) is 16.7. The van der Waals surface area contributed by atoms with E-state index in [1.807, 2.05) is 31.3 Å². The third kappa shape index (κ3) is 2.27. The highest BCUT2D eigenvalue weighted by molar-refractivity contribution is 5.99. The molecular weight excluding hydrogens is 302 g/mol. The van der Waals surface area contributed by atoms with Crippen LogP contribution < -0.4 is 5.32 Å². The minimum atomic E-state index is -0.925. The van der Waals surface area contributed by atoms with Crippen molar-refractivity contribution in [2.24, 2.45) is 0 Å². The first-order valence-corrected chi connectivity index (χ1v) is 7.60. The molecule has 0 aliphatic heterocycles. The van der Waals surface area contributed by atoms with Gasteiger partial charge in [-0.15, -0.1) is 0 Å². The van der Waals surface area contributed by atoms with Gasteiger partial charge in [-0.05, 0) is 42.0 Å². The van der Waals surface area contributed by atoms with Crippen molar-refractivity contribution < 1.29 is 9.90 Å². The Morgan fingerprint density at radius 2 is 1.88 bits per heavy atom. The molecule has 0 saturated heterocycles. The minimum absolute atomic E-state index is 0.275. The molecule has 5 heteroatoms. The second-order valence-corrected chi connectivity index (χ2v) is 5.61. The predicted molar refractivity (Wildman–Crippen MR) is 95.5 cm³/mol. The fourth-order valence-corrected chi connectivity index (χ4v) is 2.90. The van der Waals surface area contributed by atoms with Crippen LogP contribution in [0, 0.1) is 0 Å².